The number of hydrogen-bond acceptors (Lipinski definition) is 4. The number of unbranched alkanes of at least 4 members (excludes halogenated alkanes) is 3. The van der Waals surface area contributed by atoms with Gasteiger partial charge in [0.2, 0.25) is 11.8 Å². The minimum absolute atomic E-state index is 0.199. The van der Waals surface area contributed by atoms with Gasteiger partial charge in [0.05, 0.1) is 0 Å². The third-order valence-corrected chi connectivity index (χ3v) is 5.50. The Morgan fingerprint density at radius 1 is 1.03 bits per heavy atom. The van der Waals surface area contributed by atoms with Crippen molar-refractivity contribution in [3.05, 3.63) is 34.9 Å². The Bertz CT molecular complexity index is 817. The molecule has 0 bridgehead atoms. The van der Waals surface area contributed by atoms with Gasteiger partial charge in [-0.25, -0.2) is 4.79 Å². The number of alkyl carbamates (subject to hydrolysis) is 1. The zero-order valence-corrected chi connectivity index (χ0v) is 22.4. The lowest BCUT2D eigenvalue weighted by atomic mass is 9.96. The second-order valence-corrected chi connectivity index (χ2v) is 10.0. The Labute approximate surface area is 206 Å². The molecule has 0 heterocycles. The first-order chi connectivity index (χ1) is 15.9. The van der Waals surface area contributed by atoms with Crippen molar-refractivity contribution in [2.75, 3.05) is 13.1 Å². The van der Waals surface area contributed by atoms with Gasteiger partial charge in [0, 0.05) is 13.1 Å². The van der Waals surface area contributed by atoms with Gasteiger partial charge in [0.15, 0.2) is 0 Å². The maximum Gasteiger partial charge on any atom is 0.408 e. The summed E-state index contributed by atoms with van der Waals surface area (Å²) in [5, 5.41) is 5.66. The minimum atomic E-state index is -0.840. The molecule has 3 amide bonds. The first kappa shape index (κ1) is 29.5. The molecule has 192 valence electrons. The first-order valence-electron chi connectivity index (χ1n) is 12.6. The Morgan fingerprint density at radius 2 is 1.68 bits per heavy atom. The molecule has 2 unspecified atom stereocenters. The fourth-order valence-electron chi connectivity index (χ4n) is 3.76. The van der Waals surface area contributed by atoms with Gasteiger partial charge >= 0.3 is 6.09 Å². The summed E-state index contributed by atoms with van der Waals surface area (Å²) in [5.41, 5.74) is 2.18. The summed E-state index contributed by atoms with van der Waals surface area (Å²) < 4.78 is 5.33. The number of rotatable bonds is 12. The van der Waals surface area contributed by atoms with Crippen molar-refractivity contribution in [3.8, 4) is 0 Å². The number of nitrogens with one attached hydrogen (secondary N) is 2. The van der Waals surface area contributed by atoms with E-state index in [2.05, 4.69) is 24.5 Å². The number of carbonyl (C=O) groups excluding carboxylic acids is 3. The van der Waals surface area contributed by atoms with Crippen LogP contribution in [0.3, 0.4) is 0 Å². The number of nitrogens with zero attached hydrogens (tertiary/aromatic N) is 1. The molecular weight excluding hydrogens is 430 g/mol. The van der Waals surface area contributed by atoms with E-state index in [1.807, 2.05) is 32.0 Å². The third kappa shape index (κ3) is 9.74. The van der Waals surface area contributed by atoms with E-state index in [1.165, 1.54) is 0 Å². The Kier molecular flexibility index (Phi) is 12.1. The van der Waals surface area contributed by atoms with Crippen LogP contribution in [0.15, 0.2) is 18.2 Å². The van der Waals surface area contributed by atoms with E-state index in [0.29, 0.717) is 13.1 Å². The van der Waals surface area contributed by atoms with Gasteiger partial charge in [-0.15, -0.1) is 0 Å². The normalized spacial score (nSPS) is 13.1. The highest BCUT2D eigenvalue weighted by Crippen LogP contribution is 2.27. The van der Waals surface area contributed by atoms with Crippen LogP contribution in [0.1, 0.15) is 96.4 Å². The van der Waals surface area contributed by atoms with Crippen LogP contribution in [-0.2, 0) is 14.3 Å². The molecule has 0 fully saturated rings. The van der Waals surface area contributed by atoms with Crippen LogP contribution in [0, 0.1) is 13.8 Å². The molecule has 34 heavy (non-hydrogen) atoms. The summed E-state index contributed by atoms with van der Waals surface area (Å²) >= 11 is 0. The molecule has 0 aromatic heterocycles. The lowest BCUT2D eigenvalue weighted by molar-refractivity contribution is -0.142. The smallest absolute Gasteiger partial charge is 0.408 e. The van der Waals surface area contributed by atoms with E-state index in [4.69, 9.17) is 4.74 Å². The van der Waals surface area contributed by atoms with Gasteiger partial charge in [0.25, 0.3) is 0 Å². The van der Waals surface area contributed by atoms with E-state index in [9.17, 15) is 14.4 Å². The number of carbonyl (C=O) groups is 3. The minimum Gasteiger partial charge on any atom is -0.444 e. The van der Waals surface area contributed by atoms with Crippen molar-refractivity contribution >= 4 is 17.9 Å². The molecule has 1 aromatic rings. The zero-order valence-electron chi connectivity index (χ0n) is 22.4. The maximum atomic E-state index is 13.6. The molecule has 2 N–H and O–H groups in total. The van der Waals surface area contributed by atoms with Crippen LogP contribution in [0.5, 0.6) is 0 Å². The van der Waals surface area contributed by atoms with Crippen molar-refractivity contribution < 1.29 is 19.1 Å². The molecule has 0 spiro atoms. The summed E-state index contributed by atoms with van der Waals surface area (Å²) in [6.45, 7) is 16.1. The van der Waals surface area contributed by atoms with E-state index in [0.717, 1.165) is 48.8 Å². The topological polar surface area (TPSA) is 87.7 Å². The average molecular weight is 476 g/mol. The number of hydrogen-bond donors (Lipinski definition) is 2. The Morgan fingerprint density at radius 3 is 2.24 bits per heavy atom. The van der Waals surface area contributed by atoms with Gasteiger partial charge in [-0.3, -0.25) is 9.59 Å². The molecule has 0 saturated heterocycles. The van der Waals surface area contributed by atoms with Gasteiger partial charge in [-0.2, -0.15) is 0 Å². The molecule has 7 heteroatoms. The van der Waals surface area contributed by atoms with Crippen molar-refractivity contribution in [2.24, 2.45) is 0 Å². The molecule has 0 aliphatic heterocycles. The Hall–Kier alpha value is -2.57. The molecule has 7 nitrogen and oxygen atoms in total. The van der Waals surface area contributed by atoms with Crippen molar-refractivity contribution in [2.45, 2.75) is 105 Å². The summed E-state index contributed by atoms with van der Waals surface area (Å²) in [7, 11) is 0. The highest BCUT2D eigenvalue weighted by molar-refractivity contribution is 5.92. The fraction of sp³-hybridized carbons (Fsp3) is 0.667. The summed E-state index contributed by atoms with van der Waals surface area (Å²) in [6.07, 6.45) is 3.87. The predicted octanol–water partition coefficient (Wildman–Crippen LogP) is 5.19. The molecular formula is C27H45N3O4. The van der Waals surface area contributed by atoms with Gasteiger partial charge in [0.1, 0.15) is 17.7 Å². The molecule has 0 saturated carbocycles. The monoisotopic (exact) mass is 475 g/mol. The summed E-state index contributed by atoms with van der Waals surface area (Å²) in [5.74, 6) is -0.507. The second kappa shape index (κ2) is 14.0. The fourth-order valence-corrected chi connectivity index (χ4v) is 3.76. The summed E-state index contributed by atoms with van der Waals surface area (Å²) in [4.78, 5) is 41.0. The van der Waals surface area contributed by atoms with Crippen LogP contribution in [-0.4, -0.2) is 47.5 Å². The first-order valence-corrected chi connectivity index (χ1v) is 12.6. The molecule has 2 atom stereocenters. The van der Waals surface area contributed by atoms with Crippen LogP contribution in [0.4, 0.5) is 4.79 Å². The van der Waals surface area contributed by atoms with E-state index in [-0.39, 0.29) is 11.8 Å². The van der Waals surface area contributed by atoms with Gasteiger partial charge < -0.3 is 20.3 Å². The lowest BCUT2D eigenvalue weighted by Crippen LogP contribution is -2.52. The average Bonchev–Trinajstić information content (AvgIpc) is 2.72. The highest BCUT2D eigenvalue weighted by Gasteiger charge is 2.35. The van der Waals surface area contributed by atoms with Gasteiger partial charge in [-0.1, -0.05) is 56.9 Å². The third-order valence-electron chi connectivity index (χ3n) is 5.50. The molecule has 1 aromatic carbocycles. The summed E-state index contributed by atoms with van der Waals surface area (Å²) in [6, 6.07) is 4.31. The second-order valence-electron chi connectivity index (χ2n) is 10.0. The van der Waals surface area contributed by atoms with E-state index in [1.54, 1.807) is 32.6 Å². The number of amides is 3. The predicted molar refractivity (Wildman–Crippen MR) is 137 cm³/mol. The van der Waals surface area contributed by atoms with Crippen molar-refractivity contribution in [1.29, 1.82) is 0 Å². The maximum absolute atomic E-state index is 13.6. The highest BCUT2D eigenvalue weighted by atomic mass is 16.6. The molecule has 0 aliphatic carbocycles. The number of benzene rings is 1. The van der Waals surface area contributed by atoms with Crippen molar-refractivity contribution in [3.63, 3.8) is 0 Å². The van der Waals surface area contributed by atoms with Crippen LogP contribution in [0.2, 0.25) is 0 Å². The van der Waals surface area contributed by atoms with Crippen LogP contribution in [0.25, 0.3) is 0 Å². The van der Waals surface area contributed by atoms with Crippen LogP contribution >= 0.6 is 0 Å². The number of aryl methyl sites for hydroxylation is 2. The molecule has 0 radical (unpaired) electrons. The lowest BCUT2D eigenvalue weighted by Gasteiger charge is -2.34. The van der Waals surface area contributed by atoms with E-state index < -0.39 is 23.8 Å². The standard InChI is InChI=1S/C27H45N3O4/c1-9-11-13-17-30(25(32)21(5)29-26(33)34-27(6,7)8)23(24(31)28-16-12-10-2)22-15-14-19(3)18-20(22)4/h14-15,18,21,23H,9-13,16-17H2,1-8H3,(H,28,31)(H,29,33). The van der Waals surface area contributed by atoms with Crippen molar-refractivity contribution in [1.82, 2.24) is 15.5 Å². The molecule has 0 aliphatic rings. The van der Waals surface area contributed by atoms with E-state index >= 15 is 0 Å². The van der Waals surface area contributed by atoms with Crippen LogP contribution < -0.4 is 10.6 Å². The molecule has 1 rings (SSSR count). The quantitative estimate of drug-likeness (QED) is 0.407. The Balaban J connectivity index is 3.32. The zero-order chi connectivity index (χ0) is 25.9. The SMILES string of the molecule is CCCCCN(C(=O)C(C)NC(=O)OC(C)(C)C)C(C(=O)NCCCC)c1ccc(C)cc1C. The largest absolute Gasteiger partial charge is 0.444 e. The van der Waals surface area contributed by atoms with Gasteiger partial charge in [-0.05, 0) is 65.5 Å². The number of ether oxygens (including phenoxy) is 1.